The molecule has 0 fully saturated rings. The van der Waals surface area contributed by atoms with Crippen molar-refractivity contribution in [2.45, 2.75) is 5.88 Å². The summed E-state index contributed by atoms with van der Waals surface area (Å²) in [5, 5.41) is 0. The molecule has 1 aromatic carbocycles. The Balaban J connectivity index is 2.24. The van der Waals surface area contributed by atoms with E-state index in [4.69, 9.17) is 16.3 Å². The highest BCUT2D eigenvalue weighted by molar-refractivity contribution is 6.17. The van der Waals surface area contributed by atoms with Gasteiger partial charge in [-0.15, -0.1) is 11.6 Å². The molecule has 0 aliphatic rings. The third-order valence-electron chi connectivity index (χ3n) is 2.00. The van der Waals surface area contributed by atoms with Crippen LogP contribution in [0.15, 0.2) is 36.7 Å². The van der Waals surface area contributed by atoms with Gasteiger partial charge in [0.1, 0.15) is 23.1 Å². The van der Waals surface area contributed by atoms with E-state index >= 15 is 0 Å². The number of alkyl halides is 1. The van der Waals surface area contributed by atoms with Crippen LogP contribution in [0, 0.1) is 11.6 Å². The maximum absolute atomic E-state index is 12.9. The number of halogens is 3. The lowest BCUT2D eigenvalue weighted by Gasteiger charge is -2.06. The minimum absolute atomic E-state index is 0.0797. The van der Waals surface area contributed by atoms with Gasteiger partial charge in [-0.2, -0.15) is 0 Å². The number of hydrogen-bond donors (Lipinski definition) is 0. The Bertz CT molecular complexity index is 513. The molecule has 2 aromatic rings. The number of nitrogens with zero attached hydrogens (tertiary/aromatic N) is 1. The molecular formula is C12H8ClF2NO. The summed E-state index contributed by atoms with van der Waals surface area (Å²) in [4.78, 5) is 3.90. The van der Waals surface area contributed by atoms with Gasteiger partial charge in [0, 0.05) is 30.3 Å². The van der Waals surface area contributed by atoms with Gasteiger partial charge in [0.25, 0.3) is 0 Å². The van der Waals surface area contributed by atoms with Crippen LogP contribution >= 0.6 is 11.6 Å². The maximum Gasteiger partial charge on any atom is 0.146 e. The predicted molar refractivity (Wildman–Crippen MR) is 60.2 cm³/mol. The minimum Gasteiger partial charge on any atom is -0.456 e. The summed E-state index contributed by atoms with van der Waals surface area (Å²) in [7, 11) is 0. The third-order valence-corrected chi connectivity index (χ3v) is 2.30. The van der Waals surface area contributed by atoms with Gasteiger partial charge in [0.2, 0.25) is 0 Å². The normalized spacial score (nSPS) is 10.3. The lowest BCUT2D eigenvalue weighted by Crippen LogP contribution is -1.89. The van der Waals surface area contributed by atoms with Gasteiger partial charge in [-0.1, -0.05) is 0 Å². The molecule has 17 heavy (non-hydrogen) atoms. The molecule has 0 bridgehead atoms. The lowest BCUT2D eigenvalue weighted by atomic mass is 10.3. The van der Waals surface area contributed by atoms with Gasteiger partial charge in [-0.05, 0) is 11.6 Å². The summed E-state index contributed by atoms with van der Waals surface area (Å²) >= 11 is 5.64. The van der Waals surface area contributed by atoms with Crippen molar-refractivity contribution in [1.29, 1.82) is 0 Å². The van der Waals surface area contributed by atoms with Crippen LogP contribution in [0.5, 0.6) is 11.5 Å². The SMILES string of the molecule is Fc1cc(F)cc(Oc2cncc(CCl)c2)c1. The van der Waals surface area contributed by atoms with Gasteiger partial charge in [0.05, 0.1) is 6.20 Å². The highest BCUT2D eigenvalue weighted by Crippen LogP contribution is 2.23. The second-order valence-corrected chi connectivity index (χ2v) is 3.64. The van der Waals surface area contributed by atoms with E-state index in [1.54, 1.807) is 12.3 Å². The summed E-state index contributed by atoms with van der Waals surface area (Å²) in [6, 6.07) is 4.62. The lowest BCUT2D eigenvalue weighted by molar-refractivity contribution is 0.466. The summed E-state index contributed by atoms with van der Waals surface area (Å²) < 4.78 is 31.1. The fraction of sp³-hybridized carbons (Fsp3) is 0.0833. The first-order chi connectivity index (χ1) is 8.17. The van der Waals surface area contributed by atoms with Crippen LogP contribution in [0.1, 0.15) is 5.56 Å². The first kappa shape index (κ1) is 11.8. The van der Waals surface area contributed by atoms with Crippen LogP contribution in [0.25, 0.3) is 0 Å². The van der Waals surface area contributed by atoms with E-state index in [2.05, 4.69) is 4.98 Å². The van der Waals surface area contributed by atoms with Crippen molar-refractivity contribution in [1.82, 2.24) is 4.98 Å². The fourth-order valence-corrected chi connectivity index (χ4v) is 1.46. The van der Waals surface area contributed by atoms with Crippen LogP contribution in [-0.4, -0.2) is 4.98 Å². The molecule has 0 radical (unpaired) electrons. The maximum atomic E-state index is 12.9. The molecule has 5 heteroatoms. The molecule has 2 rings (SSSR count). The highest BCUT2D eigenvalue weighted by atomic mass is 35.5. The standard InChI is InChI=1S/C12H8ClF2NO/c13-5-8-1-12(7-16-6-8)17-11-3-9(14)2-10(15)4-11/h1-4,6-7H,5H2. The van der Waals surface area contributed by atoms with Crippen molar-refractivity contribution < 1.29 is 13.5 Å². The first-order valence-corrected chi connectivity index (χ1v) is 5.34. The number of pyridine rings is 1. The van der Waals surface area contributed by atoms with Crippen molar-refractivity contribution in [3.8, 4) is 11.5 Å². The quantitative estimate of drug-likeness (QED) is 0.776. The number of aromatic nitrogens is 1. The molecule has 0 N–H and O–H groups in total. The average molecular weight is 256 g/mol. The van der Waals surface area contributed by atoms with Crippen molar-refractivity contribution in [3.63, 3.8) is 0 Å². The Morgan fingerprint density at radius 3 is 2.35 bits per heavy atom. The Labute approximate surface area is 102 Å². The van der Waals surface area contributed by atoms with E-state index in [-0.39, 0.29) is 5.75 Å². The number of benzene rings is 1. The summed E-state index contributed by atoms with van der Waals surface area (Å²) in [5.74, 6) is -0.631. The number of rotatable bonds is 3. The highest BCUT2D eigenvalue weighted by Gasteiger charge is 2.04. The second kappa shape index (κ2) is 5.10. The van der Waals surface area contributed by atoms with E-state index < -0.39 is 11.6 Å². The van der Waals surface area contributed by atoms with Gasteiger partial charge in [-0.3, -0.25) is 4.98 Å². The molecule has 2 nitrogen and oxygen atoms in total. The molecule has 88 valence electrons. The molecule has 0 saturated carbocycles. The molecule has 0 saturated heterocycles. The van der Waals surface area contributed by atoms with Crippen LogP contribution in [0.2, 0.25) is 0 Å². The molecule has 1 aromatic heterocycles. The minimum atomic E-state index is -0.693. The Kier molecular flexibility index (Phi) is 3.54. The van der Waals surface area contributed by atoms with Crippen molar-refractivity contribution in [2.75, 3.05) is 0 Å². The summed E-state index contributed by atoms with van der Waals surface area (Å²) in [6.45, 7) is 0. The molecule has 1 heterocycles. The number of hydrogen-bond acceptors (Lipinski definition) is 2. The Morgan fingerprint density at radius 1 is 1.00 bits per heavy atom. The van der Waals surface area contributed by atoms with Crippen molar-refractivity contribution >= 4 is 11.6 Å². The second-order valence-electron chi connectivity index (χ2n) is 3.37. The zero-order valence-corrected chi connectivity index (χ0v) is 9.42. The average Bonchev–Trinajstić information content (AvgIpc) is 2.28. The Morgan fingerprint density at radius 2 is 1.71 bits per heavy atom. The summed E-state index contributed by atoms with van der Waals surface area (Å²) in [6.07, 6.45) is 3.03. The van der Waals surface area contributed by atoms with Crippen molar-refractivity contribution in [2.24, 2.45) is 0 Å². The molecule has 0 aliphatic carbocycles. The molecule has 0 amide bonds. The zero-order chi connectivity index (χ0) is 12.3. The van der Waals surface area contributed by atoms with Crippen LogP contribution in [-0.2, 0) is 5.88 Å². The Hall–Kier alpha value is -1.68. The van der Waals surface area contributed by atoms with Crippen molar-refractivity contribution in [3.05, 3.63) is 53.9 Å². The largest absolute Gasteiger partial charge is 0.456 e. The molecule has 0 spiro atoms. The number of ether oxygens (including phenoxy) is 1. The van der Waals surface area contributed by atoms with E-state index in [0.29, 0.717) is 11.6 Å². The predicted octanol–water partition coefficient (Wildman–Crippen LogP) is 3.89. The third kappa shape index (κ3) is 3.14. The van der Waals surface area contributed by atoms with E-state index in [1.807, 2.05) is 0 Å². The van der Waals surface area contributed by atoms with Gasteiger partial charge >= 0.3 is 0 Å². The monoisotopic (exact) mass is 255 g/mol. The molecular weight excluding hydrogens is 248 g/mol. The van der Waals surface area contributed by atoms with Crippen LogP contribution in [0.4, 0.5) is 8.78 Å². The molecule has 0 unspecified atom stereocenters. The van der Waals surface area contributed by atoms with Gasteiger partial charge in [-0.25, -0.2) is 8.78 Å². The van der Waals surface area contributed by atoms with Crippen LogP contribution in [0.3, 0.4) is 0 Å². The zero-order valence-electron chi connectivity index (χ0n) is 8.66. The van der Waals surface area contributed by atoms with Gasteiger partial charge in [0.15, 0.2) is 0 Å². The first-order valence-electron chi connectivity index (χ1n) is 4.81. The molecule has 0 atom stereocenters. The van der Waals surface area contributed by atoms with E-state index in [9.17, 15) is 8.78 Å². The van der Waals surface area contributed by atoms with E-state index in [1.165, 1.54) is 6.20 Å². The van der Waals surface area contributed by atoms with Crippen LogP contribution < -0.4 is 4.74 Å². The smallest absolute Gasteiger partial charge is 0.146 e. The topological polar surface area (TPSA) is 22.1 Å². The summed E-state index contributed by atoms with van der Waals surface area (Å²) in [5.41, 5.74) is 0.765. The van der Waals surface area contributed by atoms with Gasteiger partial charge < -0.3 is 4.74 Å². The fourth-order valence-electron chi connectivity index (χ4n) is 1.32. The molecule has 0 aliphatic heterocycles. The van der Waals surface area contributed by atoms with E-state index in [0.717, 1.165) is 23.8 Å².